The van der Waals surface area contributed by atoms with E-state index in [1.807, 2.05) is 54.6 Å². The van der Waals surface area contributed by atoms with Crippen LogP contribution in [0.4, 0.5) is 0 Å². The molecule has 0 radical (unpaired) electrons. The molecule has 0 unspecified atom stereocenters. The fourth-order valence-corrected chi connectivity index (χ4v) is 6.33. The summed E-state index contributed by atoms with van der Waals surface area (Å²) in [5.41, 5.74) is 4.12. The van der Waals surface area contributed by atoms with Crippen LogP contribution in [0.1, 0.15) is 55.7 Å². The maximum atomic E-state index is 14.7. The lowest BCUT2D eigenvalue weighted by Gasteiger charge is -2.39. The molecule has 1 aliphatic heterocycles. The summed E-state index contributed by atoms with van der Waals surface area (Å²) in [6, 6.07) is 22.5. The maximum absolute atomic E-state index is 14.7. The Bertz CT molecular complexity index is 1680. The second-order valence-corrected chi connectivity index (χ2v) is 11.0. The summed E-state index contributed by atoms with van der Waals surface area (Å²) in [6.07, 6.45) is 0.310. The molecule has 0 bridgehead atoms. The van der Waals surface area contributed by atoms with Crippen LogP contribution in [0.5, 0.6) is 17.2 Å². The van der Waals surface area contributed by atoms with E-state index >= 15 is 0 Å². The molecule has 2 aliphatic rings. The Balaban J connectivity index is 1.63. The van der Waals surface area contributed by atoms with Crippen molar-refractivity contribution in [2.24, 2.45) is 5.92 Å². The van der Waals surface area contributed by atoms with Gasteiger partial charge in [-0.05, 0) is 62.1 Å². The van der Waals surface area contributed by atoms with Gasteiger partial charge in [0.1, 0.15) is 18.3 Å². The van der Waals surface area contributed by atoms with E-state index in [1.54, 1.807) is 46.1 Å². The third-order valence-electron chi connectivity index (χ3n) is 8.35. The highest BCUT2D eigenvalue weighted by Gasteiger charge is 2.49. The summed E-state index contributed by atoms with van der Waals surface area (Å²) in [7, 11) is 3.09. The van der Waals surface area contributed by atoms with Gasteiger partial charge in [-0.25, -0.2) is 4.79 Å². The largest absolute Gasteiger partial charge is 0.496 e. The van der Waals surface area contributed by atoms with Gasteiger partial charge in [0.25, 0.3) is 0 Å². The van der Waals surface area contributed by atoms with Crippen LogP contribution in [-0.4, -0.2) is 45.2 Å². The Labute approximate surface area is 269 Å². The number of hydrogen-bond acceptors (Lipinski definition) is 9. The molecule has 0 spiro atoms. The van der Waals surface area contributed by atoms with Crippen LogP contribution in [0.2, 0.25) is 0 Å². The summed E-state index contributed by atoms with van der Waals surface area (Å²) < 4.78 is 28.4. The van der Waals surface area contributed by atoms with Crippen LogP contribution in [0, 0.1) is 5.92 Å². The van der Waals surface area contributed by atoms with Gasteiger partial charge in [-0.2, -0.15) is 0 Å². The van der Waals surface area contributed by atoms with Gasteiger partial charge in [-0.15, -0.1) is 0 Å². The average molecular weight is 626 g/mol. The van der Waals surface area contributed by atoms with Gasteiger partial charge in [0.15, 0.2) is 17.3 Å². The zero-order valence-electron chi connectivity index (χ0n) is 26.8. The number of hydrogen-bond donors (Lipinski definition) is 1. The van der Waals surface area contributed by atoms with Gasteiger partial charge in [-0.1, -0.05) is 54.6 Å². The number of para-hydroxylation sites is 1. The standard InChI is InChI=1S/C37H39NO8/c1-6-44-36(40)31-22(3)38-27-20-26(25-15-11-12-16-28(25)42-4)33(37(41)45-7-2)35(39)34(27)32(31)24-17-18-29(30(19-24)43-5)46-21-23-13-9-8-10-14-23/h8-19,26,32-33,38H,6-7,20-21H2,1-5H3/t26-,32-,33-/m1/s1. The van der Waals surface area contributed by atoms with E-state index < -0.39 is 35.5 Å². The highest BCUT2D eigenvalue weighted by Crippen LogP contribution is 2.50. The summed E-state index contributed by atoms with van der Waals surface area (Å²) in [6.45, 7) is 5.82. The molecule has 3 aromatic carbocycles. The van der Waals surface area contributed by atoms with E-state index in [0.29, 0.717) is 52.8 Å². The summed E-state index contributed by atoms with van der Waals surface area (Å²) in [5.74, 6) is -2.65. The van der Waals surface area contributed by atoms with Gasteiger partial charge in [0, 0.05) is 28.8 Å². The second-order valence-electron chi connectivity index (χ2n) is 11.0. The Kier molecular flexibility index (Phi) is 10.1. The smallest absolute Gasteiger partial charge is 0.336 e. The molecule has 1 N–H and O–H groups in total. The lowest BCUT2D eigenvalue weighted by atomic mass is 9.67. The quantitative estimate of drug-likeness (QED) is 0.203. The number of rotatable bonds is 11. The first kappa shape index (κ1) is 32.3. The number of methoxy groups -OCH3 is 2. The van der Waals surface area contributed by atoms with Gasteiger partial charge in [0.2, 0.25) is 0 Å². The van der Waals surface area contributed by atoms with Crippen molar-refractivity contribution in [3.8, 4) is 17.2 Å². The monoisotopic (exact) mass is 625 g/mol. The number of carbonyl (C=O) groups is 3. The number of dihydropyridines is 1. The van der Waals surface area contributed by atoms with Crippen molar-refractivity contribution in [1.29, 1.82) is 0 Å². The van der Waals surface area contributed by atoms with Crippen LogP contribution in [0.15, 0.2) is 95.3 Å². The first-order chi connectivity index (χ1) is 22.3. The van der Waals surface area contributed by atoms with Gasteiger partial charge >= 0.3 is 11.9 Å². The van der Waals surface area contributed by atoms with Crippen molar-refractivity contribution in [1.82, 2.24) is 5.32 Å². The van der Waals surface area contributed by atoms with E-state index in [2.05, 4.69) is 5.32 Å². The second kappa shape index (κ2) is 14.4. The molecular weight excluding hydrogens is 586 g/mol. The van der Waals surface area contributed by atoms with E-state index in [9.17, 15) is 14.4 Å². The highest BCUT2D eigenvalue weighted by atomic mass is 16.5. The molecule has 1 aliphatic carbocycles. The molecule has 0 saturated carbocycles. The third-order valence-corrected chi connectivity index (χ3v) is 8.35. The highest BCUT2D eigenvalue weighted by molar-refractivity contribution is 6.13. The van der Waals surface area contributed by atoms with Crippen molar-refractivity contribution >= 4 is 17.7 Å². The molecule has 5 rings (SSSR count). The molecule has 0 amide bonds. The summed E-state index contributed by atoms with van der Waals surface area (Å²) in [5, 5.41) is 3.33. The average Bonchev–Trinajstić information content (AvgIpc) is 3.07. The van der Waals surface area contributed by atoms with E-state index in [4.69, 9.17) is 23.7 Å². The van der Waals surface area contributed by atoms with Crippen molar-refractivity contribution in [3.63, 3.8) is 0 Å². The van der Waals surface area contributed by atoms with Crippen molar-refractivity contribution in [3.05, 3.63) is 112 Å². The SMILES string of the molecule is CCOC(=O)C1=C(C)NC2=C(C(=O)[C@H](C(=O)OCC)[C@@H](c3ccccc3OC)C2)[C@@H]1c1ccc(OCc2ccccc2)c(OC)c1. The Morgan fingerprint density at radius 3 is 2.24 bits per heavy atom. The lowest BCUT2D eigenvalue weighted by molar-refractivity contribution is -0.152. The molecule has 1 heterocycles. The first-order valence-electron chi connectivity index (χ1n) is 15.4. The topological polar surface area (TPSA) is 109 Å². The minimum absolute atomic E-state index is 0.115. The lowest BCUT2D eigenvalue weighted by Crippen LogP contribution is -2.43. The van der Waals surface area contributed by atoms with Crippen molar-refractivity contribution in [2.45, 2.75) is 45.6 Å². The van der Waals surface area contributed by atoms with Crippen molar-refractivity contribution in [2.75, 3.05) is 27.4 Å². The number of ketones is 1. The molecule has 0 fully saturated rings. The number of Topliss-reactive ketones (excluding diaryl/α,β-unsaturated/α-hetero) is 1. The molecule has 46 heavy (non-hydrogen) atoms. The molecule has 3 aromatic rings. The van der Waals surface area contributed by atoms with E-state index in [1.165, 1.54) is 7.11 Å². The van der Waals surface area contributed by atoms with E-state index in [0.717, 1.165) is 11.1 Å². The number of ether oxygens (including phenoxy) is 5. The number of benzene rings is 3. The number of esters is 2. The first-order valence-corrected chi connectivity index (χ1v) is 15.4. The Morgan fingerprint density at radius 1 is 0.848 bits per heavy atom. The molecule has 240 valence electrons. The van der Waals surface area contributed by atoms with Gasteiger partial charge in [0.05, 0.1) is 33.0 Å². The molecular formula is C37H39NO8. The zero-order chi connectivity index (χ0) is 32.8. The summed E-state index contributed by atoms with van der Waals surface area (Å²) >= 11 is 0. The zero-order valence-corrected chi connectivity index (χ0v) is 26.8. The van der Waals surface area contributed by atoms with Gasteiger partial charge < -0.3 is 29.0 Å². The van der Waals surface area contributed by atoms with Crippen LogP contribution in [0.3, 0.4) is 0 Å². The predicted molar refractivity (Wildman–Crippen MR) is 171 cm³/mol. The van der Waals surface area contributed by atoms with Crippen molar-refractivity contribution < 1.29 is 38.1 Å². The van der Waals surface area contributed by atoms with Gasteiger partial charge in [-0.3, -0.25) is 9.59 Å². The van der Waals surface area contributed by atoms with E-state index in [-0.39, 0.29) is 18.8 Å². The molecule has 0 saturated heterocycles. The molecule has 9 heteroatoms. The number of allylic oxidation sites excluding steroid dienone is 3. The predicted octanol–water partition coefficient (Wildman–Crippen LogP) is 6.00. The molecule has 0 aromatic heterocycles. The maximum Gasteiger partial charge on any atom is 0.336 e. The fraction of sp³-hybridized carbons (Fsp3) is 0.324. The molecule has 9 nitrogen and oxygen atoms in total. The Hall–Kier alpha value is -5.05. The molecule has 3 atom stereocenters. The summed E-state index contributed by atoms with van der Waals surface area (Å²) in [4.78, 5) is 41.8. The fourth-order valence-electron chi connectivity index (χ4n) is 6.33. The third kappa shape index (κ3) is 6.36. The minimum Gasteiger partial charge on any atom is -0.496 e. The van der Waals surface area contributed by atoms with Crippen LogP contribution in [-0.2, 0) is 30.5 Å². The number of nitrogens with one attached hydrogen (secondary N) is 1. The normalized spacial score (nSPS) is 19.2. The van der Waals surface area contributed by atoms with Crippen LogP contribution < -0.4 is 19.5 Å². The van der Waals surface area contributed by atoms with Crippen LogP contribution >= 0.6 is 0 Å². The minimum atomic E-state index is -1.16. The Morgan fingerprint density at radius 2 is 1.54 bits per heavy atom. The van der Waals surface area contributed by atoms with Crippen LogP contribution in [0.25, 0.3) is 0 Å². The number of carbonyl (C=O) groups excluding carboxylic acids is 3.